The predicted octanol–water partition coefficient (Wildman–Crippen LogP) is 3.61. The van der Waals surface area contributed by atoms with E-state index in [1.165, 1.54) is 0 Å². The lowest BCUT2D eigenvalue weighted by molar-refractivity contribution is 0.200. The maximum atomic E-state index is 7.58. The van der Waals surface area contributed by atoms with Crippen molar-refractivity contribution >= 4 is 11.4 Å². The quantitative estimate of drug-likeness (QED) is 0.620. The third kappa shape index (κ3) is 3.48. The Hall–Kier alpha value is -1.51. The summed E-state index contributed by atoms with van der Waals surface area (Å²) < 4.78 is 5.81. The lowest BCUT2D eigenvalue weighted by Crippen LogP contribution is -2.12. The number of hydrogen-bond donors (Lipinski definition) is 2. The Morgan fingerprint density at radius 3 is 2.41 bits per heavy atom. The van der Waals surface area contributed by atoms with Gasteiger partial charge < -0.3 is 15.9 Å². The van der Waals surface area contributed by atoms with E-state index in [0.29, 0.717) is 11.4 Å². The first kappa shape index (κ1) is 13.6. The minimum absolute atomic E-state index is 0.0172. The maximum absolute atomic E-state index is 7.58. The van der Waals surface area contributed by atoms with Crippen LogP contribution < -0.4 is 10.5 Å². The van der Waals surface area contributed by atoms with Crippen LogP contribution in [0, 0.1) is 5.41 Å². The predicted molar refractivity (Wildman–Crippen MR) is 73.0 cm³/mol. The Morgan fingerprint density at radius 2 is 1.94 bits per heavy atom. The molecular weight excluding hydrogens is 212 g/mol. The molecule has 0 aliphatic heterocycles. The molecule has 0 amide bonds. The van der Waals surface area contributed by atoms with Gasteiger partial charge in [0, 0.05) is 17.0 Å². The molecule has 1 aromatic rings. The Bertz CT molecular complexity index is 409. The molecule has 1 fully saturated rings. The number of benzene rings is 1. The van der Waals surface area contributed by atoms with Crippen LogP contribution >= 0.6 is 0 Å². The molecule has 0 saturated heterocycles. The van der Waals surface area contributed by atoms with Crippen LogP contribution in [-0.2, 0) is 0 Å². The summed E-state index contributed by atoms with van der Waals surface area (Å²) in [6.45, 7) is 7.83. The summed E-state index contributed by atoms with van der Waals surface area (Å²) in [6, 6.07) is 5.51. The van der Waals surface area contributed by atoms with E-state index in [0.717, 1.165) is 24.2 Å². The molecule has 0 spiro atoms. The molecule has 0 radical (unpaired) electrons. The molecule has 1 aliphatic rings. The molecule has 1 saturated carbocycles. The summed E-state index contributed by atoms with van der Waals surface area (Å²) >= 11 is 0. The second kappa shape index (κ2) is 5.21. The van der Waals surface area contributed by atoms with Gasteiger partial charge in [0.15, 0.2) is 0 Å². The van der Waals surface area contributed by atoms with E-state index in [4.69, 9.17) is 15.9 Å². The number of nitrogen functional groups attached to an aromatic ring is 1. The van der Waals surface area contributed by atoms with Gasteiger partial charge in [-0.3, -0.25) is 0 Å². The highest BCUT2D eigenvalue weighted by molar-refractivity contribution is 6.01. The van der Waals surface area contributed by atoms with Crippen LogP contribution in [0.4, 0.5) is 5.69 Å². The van der Waals surface area contributed by atoms with Crippen molar-refractivity contribution in [3.63, 3.8) is 0 Å². The number of nitrogens with one attached hydrogen (secondary N) is 1. The Labute approximate surface area is 103 Å². The monoisotopic (exact) mass is 234 g/mol. The van der Waals surface area contributed by atoms with Crippen LogP contribution in [0.5, 0.6) is 5.75 Å². The average molecular weight is 234 g/mol. The van der Waals surface area contributed by atoms with E-state index in [-0.39, 0.29) is 5.60 Å². The van der Waals surface area contributed by atoms with Crippen molar-refractivity contribution in [1.29, 1.82) is 5.41 Å². The summed E-state index contributed by atoms with van der Waals surface area (Å²) in [5.41, 5.74) is 7.66. The lowest BCUT2D eigenvalue weighted by atomic mass is 10.1. The van der Waals surface area contributed by atoms with Gasteiger partial charge in [0.2, 0.25) is 0 Å². The molecule has 3 N–H and O–H groups in total. The molecule has 3 heteroatoms. The van der Waals surface area contributed by atoms with Gasteiger partial charge in [-0.15, -0.1) is 0 Å². The number of rotatable bonds is 3. The van der Waals surface area contributed by atoms with Gasteiger partial charge in [0.25, 0.3) is 0 Å². The van der Waals surface area contributed by atoms with Crippen molar-refractivity contribution in [1.82, 2.24) is 0 Å². The minimum atomic E-state index is 0.0172. The summed E-state index contributed by atoms with van der Waals surface area (Å²) in [6.07, 6.45) is 2.21. The smallest absolute Gasteiger partial charge is 0.120 e. The average Bonchev–Trinajstić information content (AvgIpc) is 3.02. The lowest BCUT2D eigenvalue weighted by Gasteiger charge is -2.14. The Balaban J connectivity index is 0.000000686. The first-order valence-corrected chi connectivity index (χ1v) is 6.14. The molecule has 1 aromatic carbocycles. The molecule has 94 valence electrons. The highest BCUT2D eigenvalue weighted by atomic mass is 16.5. The third-order valence-corrected chi connectivity index (χ3v) is 2.75. The summed E-state index contributed by atoms with van der Waals surface area (Å²) in [5.74, 6) is 0.811. The fourth-order valence-corrected chi connectivity index (χ4v) is 1.49. The standard InChI is InChI=1S/C12H16N2O.C2H6/c1-8(13)10-7-9(3-4-11(10)14)15-12(2)5-6-12;1-2/h3-4,7,13H,5-6,14H2,1-2H3;1-2H3. The number of anilines is 1. The van der Waals surface area contributed by atoms with Gasteiger partial charge in [0.1, 0.15) is 11.4 Å². The molecule has 0 heterocycles. The second-order valence-electron chi connectivity index (χ2n) is 4.43. The highest BCUT2D eigenvalue weighted by Crippen LogP contribution is 2.39. The van der Waals surface area contributed by atoms with Gasteiger partial charge in [-0.2, -0.15) is 0 Å². The van der Waals surface area contributed by atoms with Crippen molar-refractivity contribution in [2.45, 2.75) is 46.1 Å². The number of hydrogen-bond acceptors (Lipinski definition) is 3. The Kier molecular flexibility index (Phi) is 4.16. The van der Waals surface area contributed by atoms with Crippen LogP contribution in [0.2, 0.25) is 0 Å². The van der Waals surface area contributed by atoms with E-state index in [9.17, 15) is 0 Å². The van der Waals surface area contributed by atoms with Crippen molar-refractivity contribution in [2.75, 3.05) is 5.73 Å². The Morgan fingerprint density at radius 1 is 1.35 bits per heavy atom. The molecule has 0 bridgehead atoms. The minimum Gasteiger partial charge on any atom is -0.488 e. The van der Waals surface area contributed by atoms with E-state index < -0.39 is 0 Å². The van der Waals surface area contributed by atoms with Crippen molar-refractivity contribution < 1.29 is 4.74 Å². The van der Waals surface area contributed by atoms with E-state index in [2.05, 4.69) is 6.92 Å². The molecule has 0 aromatic heterocycles. The molecule has 1 aliphatic carbocycles. The van der Waals surface area contributed by atoms with E-state index in [1.807, 2.05) is 26.0 Å². The molecule has 0 unspecified atom stereocenters. The number of nitrogens with two attached hydrogens (primary N) is 1. The van der Waals surface area contributed by atoms with Gasteiger partial charge in [-0.25, -0.2) is 0 Å². The zero-order valence-electron chi connectivity index (χ0n) is 11.1. The van der Waals surface area contributed by atoms with Crippen LogP contribution in [0.3, 0.4) is 0 Å². The second-order valence-corrected chi connectivity index (χ2v) is 4.43. The van der Waals surface area contributed by atoms with Crippen LogP contribution in [0.15, 0.2) is 18.2 Å². The molecule has 2 rings (SSSR count). The highest BCUT2D eigenvalue weighted by Gasteiger charge is 2.40. The number of ether oxygens (including phenoxy) is 1. The van der Waals surface area contributed by atoms with E-state index >= 15 is 0 Å². The van der Waals surface area contributed by atoms with E-state index in [1.54, 1.807) is 13.0 Å². The SMILES string of the molecule is CC.CC(=N)c1cc(OC2(C)CC2)ccc1N. The first-order chi connectivity index (χ1) is 8.00. The van der Waals surface area contributed by atoms with Crippen molar-refractivity contribution in [3.8, 4) is 5.75 Å². The topological polar surface area (TPSA) is 59.1 Å². The zero-order valence-corrected chi connectivity index (χ0v) is 11.1. The van der Waals surface area contributed by atoms with Crippen LogP contribution in [0.25, 0.3) is 0 Å². The normalized spacial score (nSPS) is 15.5. The first-order valence-electron chi connectivity index (χ1n) is 6.14. The third-order valence-electron chi connectivity index (χ3n) is 2.75. The van der Waals surface area contributed by atoms with Gasteiger partial charge in [-0.05, 0) is 44.9 Å². The van der Waals surface area contributed by atoms with Gasteiger partial charge in [0.05, 0.1) is 0 Å². The van der Waals surface area contributed by atoms with Crippen molar-refractivity contribution in [3.05, 3.63) is 23.8 Å². The molecular formula is C14H22N2O. The largest absolute Gasteiger partial charge is 0.488 e. The maximum Gasteiger partial charge on any atom is 0.120 e. The van der Waals surface area contributed by atoms with Gasteiger partial charge in [-0.1, -0.05) is 13.8 Å². The van der Waals surface area contributed by atoms with Crippen LogP contribution in [-0.4, -0.2) is 11.3 Å². The summed E-state index contributed by atoms with van der Waals surface area (Å²) in [5, 5.41) is 7.58. The molecule has 17 heavy (non-hydrogen) atoms. The molecule has 3 nitrogen and oxygen atoms in total. The van der Waals surface area contributed by atoms with Crippen LogP contribution in [0.1, 0.15) is 46.1 Å². The fourth-order valence-electron chi connectivity index (χ4n) is 1.49. The fraction of sp³-hybridized carbons (Fsp3) is 0.500. The van der Waals surface area contributed by atoms with Gasteiger partial charge >= 0.3 is 0 Å². The summed E-state index contributed by atoms with van der Waals surface area (Å²) in [4.78, 5) is 0. The molecule has 0 atom stereocenters. The summed E-state index contributed by atoms with van der Waals surface area (Å²) in [7, 11) is 0. The van der Waals surface area contributed by atoms with Crippen molar-refractivity contribution in [2.24, 2.45) is 0 Å². The zero-order chi connectivity index (χ0) is 13.1.